The molecule has 2 heterocycles. The van der Waals surface area contributed by atoms with Crippen molar-refractivity contribution >= 4 is 22.8 Å². The van der Waals surface area contributed by atoms with Crippen LogP contribution in [0.5, 0.6) is 0 Å². The molecule has 1 saturated heterocycles. The third kappa shape index (κ3) is 5.03. The van der Waals surface area contributed by atoms with Crippen molar-refractivity contribution < 1.29 is 19.2 Å². The number of aryl methyl sites for hydroxylation is 1. The van der Waals surface area contributed by atoms with E-state index in [9.17, 15) is 4.79 Å². The fourth-order valence-corrected chi connectivity index (χ4v) is 4.20. The average molecular weight is 451 g/mol. The van der Waals surface area contributed by atoms with E-state index in [4.69, 9.17) is 4.74 Å². The monoisotopic (exact) mass is 450 g/mol. The molecule has 2 fully saturated rings. The number of carbonyl (C=O) groups is 1. The molecule has 1 saturated carbocycles. The lowest BCUT2D eigenvalue weighted by molar-refractivity contribution is -0.578. The number of rotatable bonds is 7. The molecule has 0 spiro atoms. The largest absolute Gasteiger partial charge is 0.379 e. The molecule has 0 bridgehead atoms. The first-order chi connectivity index (χ1) is 16.1. The van der Waals surface area contributed by atoms with E-state index in [1.807, 2.05) is 25.1 Å². The Morgan fingerprint density at radius 1 is 1.24 bits per heavy atom. The first kappa shape index (κ1) is 21.9. The SMILES string of the molecule is Cc1ccc(C(=O)NC2CC2)c(F)c1-c1ccc2nc([NH2+]CCN3CCOCC3)ncc2c1. The van der Waals surface area contributed by atoms with Gasteiger partial charge >= 0.3 is 5.95 Å². The van der Waals surface area contributed by atoms with Gasteiger partial charge in [0.15, 0.2) is 0 Å². The Bertz CT molecular complexity index is 1170. The topological polar surface area (TPSA) is 84.0 Å². The highest BCUT2D eigenvalue weighted by molar-refractivity contribution is 5.97. The quantitative estimate of drug-likeness (QED) is 0.576. The molecule has 1 aliphatic heterocycles. The Morgan fingerprint density at radius 3 is 2.85 bits per heavy atom. The number of nitrogens with one attached hydrogen (secondary N) is 1. The molecule has 8 heteroatoms. The summed E-state index contributed by atoms with van der Waals surface area (Å²) in [5, 5.41) is 5.76. The number of hydrogen-bond acceptors (Lipinski definition) is 5. The zero-order chi connectivity index (χ0) is 22.8. The minimum atomic E-state index is -0.485. The van der Waals surface area contributed by atoms with Crippen molar-refractivity contribution in [3.05, 3.63) is 53.5 Å². The highest BCUT2D eigenvalue weighted by atomic mass is 19.1. The van der Waals surface area contributed by atoms with Crippen LogP contribution in [0.15, 0.2) is 36.5 Å². The van der Waals surface area contributed by atoms with Gasteiger partial charge in [0.05, 0.1) is 30.8 Å². The molecule has 33 heavy (non-hydrogen) atoms. The molecule has 1 aliphatic carbocycles. The maximum absolute atomic E-state index is 15.4. The first-order valence-electron chi connectivity index (χ1n) is 11.6. The normalized spacial score (nSPS) is 16.8. The van der Waals surface area contributed by atoms with Gasteiger partial charge in [-0.1, -0.05) is 12.1 Å². The predicted molar refractivity (Wildman–Crippen MR) is 124 cm³/mol. The number of aromatic nitrogens is 2. The molecule has 0 atom stereocenters. The summed E-state index contributed by atoms with van der Waals surface area (Å²) in [7, 11) is 0. The summed E-state index contributed by atoms with van der Waals surface area (Å²) in [6.07, 6.45) is 3.70. The Hall–Kier alpha value is -2.94. The number of halogens is 1. The molecule has 0 radical (unpaired) electrons. The van der Waals surface area contributed by atoms with Crippen LogP contribution < -0.4 is 10.6 Å². The van der Waals surface area contributed by atoms with Crippen LogP contribution in [-0.2, 0) is 4.74 Å². The van der Waals surface area contributed by atoms with Crippen LogP contribution in [-0.4, -0.2) is 66.2 Å². The number of quaternary nitrogens is 1. The summed E-state index contributed by atoms with van der Waals surface area (Å²) in [6.45, 7) is 7.22. The molecule has 5 rings (SSSR count). The van der Waals surface area contributed by atoms with Crippen LogP contribution in [0.2, 0.25) is 0 Å². The second-order valence-corrected chi connectivity index (χ2v) is 8.82. The second kappa shape index (κ2) is 9.51. The fourth-order valence-electron chi connectivity index (χ4n) is 4.20. The van der Waals surface area contributed by atoms with Gasteiger partial charge < -0.3 is 10.1 Å². The average Bonchev–Trinajstić information content (AvgIpc) is 3.64. The molecule has 7 nitrogen and oxygen atoms in total. The highest BCUT2D eigenvalue weighted by Crippen LogP contribution is 2.31. The Morgan fingerprint density at radius 2 is 2.06 bits per heavy atom. The molecular weight excluding hydrogens is 421 g/mol. The van der Waals surface area contributed by atoms with Crippen molar-refractivity contribution in [2.45, 2.75) is 25.8 Å². The number of amides is 1. The van der Waals surface area contributed by atoms with E-state index >= 15 is 4.39 Å². The molecule has 1 amide bonds. The Labute approximate surface area is 192 Å². The molecule has 3 N–H and O–H groups in total. The first-order valence-corrected chi connectivity index (χ1v) is 11.6. The predicted octanol–water partition coefficient (Wildman–Crippen LogP) is 2.16. The highest BCUT2D eigenvalue weighted by Gasteiger charge is 2.26. The lowest BCUT2D eigenvalue weighted by Crippen LogP contribution is -2.80. The number of nitrogens with two attached hydrogens (primary N) is 1. The summed E-state index contributed by atoms with van der Waals surface area (Å²) in [4.78, 5) is 24.0. The van der Waals surface area contributed by atoms with Gasteiger partial charge in [-0.25, -0.2) is 4.39 Å². The van der Waals surface area contributed by atoms with E-state index in [1.165, 1.54) is 0 Å². The summed E-state index contributed by atoms with van der Waals surface area (Å²) >= 11 is 0. The van der Waals surface area contributed by atoms with Gasteiger partial charge in [0.25, 0.3) is 5.91 Å². The maximum atomic E-state index is 15.4. The Kier molecular flexibility index (Phi) is 6.30. The standard InChI is InChI=1S/C25H28FN5O2/c1-16-2-6-20(24(32)29-19-4-5-19)23(26)22(16)17-3-7-21-18(14-17)15-28-25(30-21)27-8-9-31-10-12-33-13-11-31/h2-3,6-7,14-15,19H,4-5,8-13H2,1H3,(H,29,32)(H,27,28,30)/p+1. The van der Waals surface area contributed by atoms with Crippen molar-refractivity contribution in [3.8, 4) is 11.1 Å². The van der Waals surface area contributed by atoms with Crippen LogP contribution in [0.3, 0.4) is 0 Å². The van der Waals surface area contributed by atoms with E-state index in [0.717, 1.165) is 68.7 Å². The molecule has 0 unspecified atom stereocenters. The number of fused-ring (bicyclic) bond motifs is 1. The minimum Gasteiger partial charge on any atom is -0.379 e. The van der Waals surface area contributed by atoms with E-state index in [-0.39, 0.29) is 17.5 Å². The summed E-state index contributed by atoms with van der Waals surface area (Å²) in [5.41, 5.74) is 2.84. The second-order valence-electron chi connectivity index (χ2n) is 8.82. The third-order valence-corrected chi connectivity index (χ3v) is 6.27. The van der Waals surface area contributed by atoms with E-state index in [1.54, 1.807) is 18.3 Å². The molecular formula is C25H29FN5O2+. The van der Waals surface area contributed by atoms with Gasteiger partial charge in [0.2, 0.25) is 0 Å². The van der Waals surface area contributed by atoms with Gasteiger partial charge in [0, 0.05) is 42.8 Å². The lowest BCUT2D eigenvalue weighted by Gasteiger charge is -2.25. The summed E-state index contributed by atoms with van der Waals surface area (Å²) < 4.78 is 20.8. The van der Waals surface area contributed by atoms with Gasteiger partial charge in [0.1, 0.15) is 5.82 Å². The number of ether oxygens (including phenoxy) is 1. The van der Waals surface area contributed by atoms with Crippen LogP contribution in [0.25, 0.3) is 22.0 Å². The van der Waals surface area contributed by atoms with Crippen LogP contribution in [0.1, 0.15) is 28.8 Å². The van der Waals surface area contributed by atoms with Gasteiger partial charge in [-0.3, -0.25) is 15.0 Å². The molecule has 172 valence electrons. The van der Waals surface area contributed by atoms with Crippen molar-refractivity contribution in [2.75, 3.05) is 39.4 Å². The van der Waals surface area contributed by atoms with Crippen LogP contribution in [0.4, 0.5) is 10.3 Å². The van der Waals surface area contributed by atoms with E-state index in [2.05, 4.69) is 25.5 Å². The molecule has 2 aromatic carbocycles. The van der Waals surface area contributed by atoms with Crippen LogP contribution >= 0.6 is 0 Å². The smallest absolute Gasteiger partial charge is 0.326 e. The number of benzene rings is 2. The lowest BCUT2D eigenvalue weighted by atomic mass is 9.96. The van der Waals surface area contributed by atoms with Gasteiger partial charge in [-0.15, -0.1) is 0 Å². The maximum Gasteiger partial charge on any atom is 0.326 e. The van der Waals surface area contributed by atoms with Gasteiger partial charge in [-0.2, -0.15) is 9.97 Å². The third-order valence-electron chi connectivity index (χ3n) is 6.27. The van der Waals surface area contributed by atoms with Crippen LogP contribution in [0, 0.1) is 12.7 Å². The van der Waals surface area contributed by atoms with E-state index in [0.29, 0.717) is 17.1 Å². The fraction of sp³-hybridized carbons (Fsp3) is 0.400. The summed E-state index contributed by atoms with van der Waals surface area (Å²) in [5.74, 6) is -0.135. The van der Waals surface area contributed by atoms with Crippen molar-refractivity contribution in [2.24, 2.45) is 0 Å². The number of nitrogens with zero attached hydrogens (tertiary/aromatic N) is 3. The van der Waals surface area contributed by atoms with Crippen molar-refractivity contribution in [3.63, 3.8) is 0 Å². The zero-order valence-electron chi connectivity index (χ0n) is 18.8. The Balaban J connectivity index is 1.34. The van der Waals surface area contributed by atoms with Crippen molar-refractivity contribution in [1.82, 2.24) is 20.2 Å². The van der Waals surface area contributed by atoms with E-state index < -0.39 is 5.82 Å². The molecule has 1 aromatic heterocycles. The molecule has 3 aromatic rings. The van der Waals surface area contributed by atoms with Crippen molar-refractivity contribution in [1.29, 1.82) is 0 Å². The summed E-state index contributed by atoms with van der Waals surface area (Å²) in [6, 6.07) is 9.19. The van der Waals surface area contributed by atoms with Gasteiger partial charge in [-0.05, 0) is 49.1 Å². The number of hydrogen-bond donors (Lipinski definition) is 2. The number of carbonyl (C=O) groups excluding carboxylic acids is 1. The number of morpholine rings is 1. The minimum absolute atomic E-state index is 0.0871. The molecule has 2 aliphatic rings. The zero-order valence-corrected chi connectivity index (χ0v) is 18.8.